The molecule has 0 atom stereocenters. The van der Waals surface area contributed by atoms with Crippen LogP contribution in [0.4, 0.5) is 5.69 Å². The topological polar surface area (TPSA) is 62.3 Å². The molecular formula is C25H31N3O2S. The average Bonchev–Trinajstić information content (AvgIpc) is 2.79. The zero-order chi connectivity index (χ0) is 22.0. The largest absolute Gasteiger partial charge is 0.382 e. The van der Waals surface area contributed by atoms with Gasteiger partial charge in [0.1, 0.15) is 0 Å². The molecule has 1 aliphatic rings. The predicted molar refractivity (Wildman–Crippen MR) is 129 cm³/mol. The summed E-state index contributed by atoms with van der Waals surface area (Å²) in [5.41, 5.74) is 4.77. The maximum absolute atomic E-state index is 12.2. The number of rotatable bonds is 6. The molecule has 0 amide bonds. The molecule has 1 fully saturated rings. The Hall–Kier alpha value is -2.44. The lowest BCUT2D eigenvalue weighted by Gasteiger charge is -2.32. The average molecular weight is 438 g/mol. The molecule has 1 aliphatic heterocycles. The number of hydrogen-bond acceptors (Lipinski definition) is 4. The molecule has 2 aromatic carbocycles. The second-order valence-electron chi connectivity index (χ2n) is 8.62. The molecule has 4 rings (SSSR count). The van der Waals surface area contributed by atoms with E-state index in [1.54, 1.807) is 11.2 Å². The highest BCUT2D eigenvalue weighted by atomic mass is 32.2. The van der Waals surface area contributed by atoms with E-state index in [2.05, 4.69) is 60.5 Å². The second-order valence-corrected chi connectivity index (χ2v) is 10.9. The van der Waals surface area contributed by atoms with Crippen LogP contribution in [0.1, 0.15) is 45.1 Å². The fourth-order valence-electron chi connectivity index (χ4n) is 4.24. The van der Waals surface area contributed by atoms with Gasteiger partial charge in [-0.2, -0.15) is 0 Å². The Kier molecular flexibility index (Phi) is 6.30. The molecule has 0 saturated carbocycles. The third-order valence-corrected chi connectivity index (χ3v) is 8.10. The summed E-state index contributed by atoms with van der Waals surface area (Å²) in [7, 11) is -3.11. The number of pyridine rings is 1. The third kappa shape index (κ3) is 4.75. The molecule has 1 saturated heterocycles. The van der Waals surface area contributed by atoms with Crippen LogP contribution in [0.5, 0.6) is 0 Å². The minimum atomic E-state index is -3.11. The number of nitrogens with one attached hydrogen (secondary N) is 1. The zero-order valence-electron chi connectivity index (χ0n) is 18.5. The summed E-state index contributed by atoms with van der Waals surface area (Å²) in [5.74, 6) is 0.644. The zero-order valence-corrected chi connectivity index (χ0v) is 19.3. The first-order valence-electron chi connectivity index (χ1n) is 11.1. The van der Waals surface area contributed by atoms with Gasteiger partial charge in [0, 0.05) is 42.6 Å². The summed E-state index contributed by atoms with van der Waals surface area (Å²) in [6.07, 6.45) is 5.33. The fraction of sp³-hybridized carbons (Fsp3) is 0.400. The molecule has 0 unspecified atom stereocenters. The van der Waals surface area contributed by atoms with Gasteiger partial charge in [0.2, 0.25) is 10.0 Å². The van der Waals surface area contributed by atoms with E-state index in [1.165, 1.54) is 16.7 Å². The van der Waals surface area contributed by atoms with Crippen molar-refractivity contribution < 1.29 is 8.42 Å². The van der Waals surface area contributed by atoms with Crippen LogP contribution in [-0.4, -0.2) is 42.6 Å². The third-order valence-electron chi connectivity index (χ3n) is 6.21. The van der Waals surface area contributed by atoms with Gasteiger partial charge in [-0.15, -0.1) is 0 Å². The molecular weight excluding hydrogens is 406 g/mol. The number of piperidine rings is 1. The molecule has 164 valence electrons. The van der Waals surface area contributed by atoms with Crippen LogP contribution < -0.4 is 5.32 Å². The van der Waals surface area contributed by atoms with Crippen molar-refractivity contribution in [2.24, 2.45) is 0 Å². The number of aromatic nitrogens is 1. The lowest BCUT2D eigenvalue weighted by atomic mass is 9.95. The summed E-state index contributed by atoms with van der Waals surface area (Å²) in [5, 5.41) is 5.94. The molecule has 0 spiro atoms. The van der Waals surface area contributed by atoms with Gasteiger partial charge in [0.05, 0.1) is 5.75 Å². The van der Waals surface area contributed by atoms with Crippen LogP contribution in [0, 0.1) is 0 Å². The van der Waals surface area contributed by atoms with Crippen molar-refractivity contribution in [1.82, 2.24) is 9.29 Å². The highest BCUT2D eigenvalue weighted by Crippen LogP contribution is 2.33. The van der Waals surface area contributed by atoms with Crippen molar-refractivity contribution >= 4 is 26.5 Å². The van der Waals surface area contributed by atoms with Gasteiger partial charge in [-0.05, 0) is 66.0 Å². The van der Waals surface area contributed by atoms with Crippen molar-refractivity contribution in [2.75, 3.05) is 24.2 Å². The van der Waals surface area contributed by atoms with Crippen LogP contribution in [-0.2, 0) is 10.0 Å². The van der Waals surface area contributed by atoms with E-state index in [0.29, 0.717) is 19.0 Å². The lowest BCUT2D eigenvalue weighted by Crippen LogP contribution is -2.42. The van der Waals surface area contributed by atoms with Gasteiger partial charge < -0.3 is 5.32 Å². The summed E-state index contributed by atoms with van der Waals surface area (Å²) < 4.78 is 26.0. The first-order chi connectivity index (χ1) is 14.9. The van der Waals surface area contributed by atoms with Gasteiger partial charge >= 0.3 is 0 Å². The monoisotopic (exact) mass is 437 g/mol. The second kappa shape index (κ2) is 8.97. The van der Waals surface area contributed by atoms with E-state index in [9.17, 15) is 8.42 Å². The van der Waals surface area contributed by atoms with E-state index in [1.807, 2.05) is 18.5 Å². The van der Waals surface area contributed by atoms with Gasteiger partial charge in [-0.3, -0.25) is 4.98 Å². The van der Waals surface area contributed by atoms with Crippen LogP contribution in [0.2, 0.25) is 0 Å². The highest BCUT2D eigenvalue weighted by Gasteiger charge is 2.26. The molecule has 1 N–H and O–H groups in total. The molecule has 0 aliphatic carbocycles. The van der Waals surface area contributed by atoms with Gasteiger partial charge in [-0.25, -0.2) is 12.7 Å². The van der Waals surface area contributed by atoms with Crippen LogP contribution in [0.15, 0.2) is 54.9 Å². The van der Waals surface area contributed by atoms with Gasteiger partial charge in [0.15, 0.2) is 0 Å². The van der Waals surface area contributed by atoms with Crippen molar-refractivity contribution in [3.63, 3.8) is 0 Å². The normalized spacial score (nSPS) is 16.1. The molecule has 1 aromatic heterocycles. The summed E-state index contributed by atoms with van der Waals surface area (Å²) >= 11 is 0. The Morgan fingerprint density at radius 2 is 1.87 bits per heavy atom. The Labute approximate surface area is 185 Å². The molecule has 3 aromatic rings. The Balaban J connectivity index is 1.63. The van der Waals surface area contributed by atoms with E-state index in [4.69, 9.17) is 0 Å². The smallest absolute Gasteiger partial charge is 0.213 e. The minimum Gasteiger partial charge on any atom is -0.382 e. The fourth-order valence-corrected chi connectivity index (χ4v) is 5.38. The maximum Gasteiger partial charge on any atom is 0.213 e. The molecule has 6 heteroatoms. The SMILES string of the molecule is CCS(=O)(=O)N1CCC(Nc2cc(-c3cccc(C(C)C)c3)cc3ccncc23)CC1. The highest BCUT2D eigenvalue weighted by molar-refractivity contribution is 7.89. The Morgan fingerprint density at radius 3 is 2.58 bits per heavy atom. The molecule has 0 bridgehead atoms. The maximum atomic E-state index is 12.2. The Bertz CT molecular complexity index is 1170. The number of benzene rings is 2. The van der Waals surface area contributed by atoms with Crippen LogP contribution in [0.3, 0.4) is 0 Å². The first kappa shape index (κ1) is 21.8. The predicted octanol–water partition coefficient (Wildman–Crippen LogP) is 5.25. The first-order valence-corrected chi connectivity index (χ1v) is 12.7. The van der Waals surface area contributed by atoms with Crippen molar-refractivity contribution in [3.8, 4) is 11.1 Å². The number of hydrogen-bond donors (Lipinski definition) is 1. The Morgan fingerprint density at radius 1 is 1.10 bits per heavy atom. The quantitative estimate of drug-likeness (QED) is 0.572. The minimum absolute atomic E-state index is 0.166. The van der Waals surface area contributed by atoms with E-state index in [0.717, 1.165) is 29.3 Å². The van der Waals surface area contributed by atoms with Crippen LogP contribution >= 0.6 is 0 Å². The van der Waals surface area contributed by atoms with Crippen molar-refractivity contribution in [3.05, 3.63) is 60.4 Å². The van der Waals surface area contributed by atoms with Gasteiger partial charge in [0.25, 0.3) is 0 Å². The number of sulfonamides is 1. The van der Waals surface area contributed by atoms with E-state index < -0.39 is 10.0 Å². The van der Waals surface area contributed by atoms with Gasteiger partial charge in [-0.1, -0.05) is 38.1 Å². The van der Waals surface area contributed by atoms with Crippen molar-refractivity contribution in [2.45, 2.75) is 45.6 Å². The molecule has 2 heterocycles. The van der Waals surface area contributed by atoms with E-state index >= 15 is 0 Å². The lowest BCUT2D eigenvalue weighted by molar-refractivity contribution is 0.330. The number of nitrogens with zero attached hydrogens (tertiary/aromatic N) is 2. The molecule has 0 radical (unpaired) electrons. The van der Waals surface area contributed by atoms with Crippen LogP contribution in [0.25, 0.3) is 21.9 Å². The standard InChI is InChI=1S/C25H31N3O2S/c1-4-31(29,30)28-12-9-23(10-13-28)27-25-16-22(15-21-8-11-26-17-24(21)25)20-7-5-6-19(14-20)18(2)3/h5-8,11,14-18,23,27H,4,9-10,12-13H2,1-3H3. The summed E-state index contributed by atoms with van der Waals surface area (Å²) in [6.45, 7) is 7.27. The number of anilines is 1. The summed E-state index contributed by atoms with van der Waals surface area (Å²) in [4.78, 5) is 4.33. The summed E-state index contributed by atoms with van der Waals surface area (Å²) in [6, 6.07) is 15.4. The van der Waals surface area contributed by atoms with Crippen molar-refractivity contribution in [1.29, 1.82) is 0 Å². The number of fused-ring (bicyclic) bond motifs is 1. The van der Waals surface area contributed by atoms with E-state index in [-0.39, 0.29) is 11.8 Å². The molecule has 5 nitrogen and oxygen atoms in total. The molecule has 31 heavy (non-hydrogen) atoms.